The first-order valence-electron chi connectivity index (χ1n) is 6.93. The number of hydrogen-bond donors (Lipinski definition) is 0. The molecule has 2 amide bonds. The number of ether oxygens (including phenoxy) is 1. The maximum absolute atomic E-state index is 12.3. The van der Waals surface area contributed by atoms with Crippen LogP contribution in [0.1, 0.15) is 27.6 Å². The molecule has 1 aliphatic rings. The molecule has 0 spiro atoms. The van der Waals surface area contributed by atoms with Gasteiger partial charge in [0.25, 0.3) is 11.8 Å². The van der Waals surface area contributed by atoms with Crippen molar-refractivity contribution in [1.82, 2.24) is 4.90 Å². The Morgan fingerprint density at radius 3 is 2.04 bits per heavy atom. The van der Waals surface area contributed by atoms with Crippen molar-refractivity contribution in [1.29, 1.82) is 0 Å². The van der Waals surface area contributed by atoms with E-state index in [9.17, 15) is 14.4 Å². The van der Waals surface area contributed by atoms with Crippen LogP contribution < -0.4 is 4.74 Å². The highest BCUT2D eigenvalue weighted by molar-refractivity contribution is 6.30. The first kappa shape index (κ1) is 15.2. The molecule has 0 aliphatic carbocycles. The van der Waals surface area contributed by atoms with Gasteiger partial charge in [-0.2, -0.15) is 0 Å². The van der Waals surface area contributed by atoms with E-state index in [-0.39, 0.29) is 0 Å². The van der Waals surface area contributed by atoms with Gasteiger partial charge in [-0.25, -0.2) is 4.79 Å². The normalized spacial score (nSPS) is 14.6. The zero-order valence-corrected chi connectivity index (χ0v) is 12.9. The molecule has 1 aliphatic heterocycles. The third-order valence-corrected chi connectivity index (χ3v) is 3.84. The second-order valence-corrected chi connectivity index (χ2v) is 5.51. The number of carbonyl (C=O) groups excluding carboxylic acids is 3. The van der Waals surface area contributed by atoms with Crippen LogP contribution in [0.3, 0.4) is 0 Å². The molecule has 0 radical (unpaired) electrons. The molecule has 0 saturated carbocycles. The summed E-state index contributed by atoms with van der Waals surface area (Å²) in [7, 11) is 0. The van der Waals surface area contributed by atoms with E-state index < -0.39 is 23.8 Å². The summed E-state index contributed by atoms with van der Waals surface area (Å²) in [5.41, 5.74) is 0.590. The summed E-state index contributed by atoms with van der Waals surface area (Å²) in [6, 6.07) is 11.7. The van der Waals surface area contributed by atoms with Crippen LogP contribution in [0.15, 0.2) is 48.5 Å². The number of rotatable bonds is 3. The van der Waals surface area contributed by atoms with Gasteiger partial charge >= 0.3 is 5.97 Å². The zero-order chi connectivity index (χ0) is 16.6. The summed E-state index contributed by atoms with van der Waals surface area (Å²) in [6.07, 6.45) is 0. The fourth-order valence-electron chi connectivity index (χ4n) is 2.37. The molecule has 116 valence electrons. The Labute approximate surface area is 137 Å². The smallest absolute Gasteiger partial charge is 0.334 e. The number of benzene rings is 2. The van der Waals surface area contributed by atoms with Crippen molar-refractivity contribution >= 4 is 29.4 Å². The van der Waals surface area contributed by atoms with Crippen molar-refractivity contribution in [2.24, 2.45) is 0 Å². The van der Waals surface area contributed by atoms with Crippen molar-refractivity contribution < 1.29 is 19.1 Å². The number of nitrogens with zero attached hydrogens (tertiary/aromatic N) is 1. The van der Waals surface area contributed by atoms with E-state index in [0.29, 0.717) is 21.9 Å². The quantitative estimate of drug-likeness (QED) is 0.493. The van der Waals surface area contributed by atoms with Crippen LogP contribution in [0.25, 0.3) is 0 Å². The lowest BCUT2D eigenvalue weighted by molar-refractivity contribution is -0.138. The first-order valence-corrected chi connectivity index (χ1v) is 7.31. The average Bonchev–Trinajstić information content (AvgIpc) is 2.81. The number of esters is 1. The Balaban J connectivity index is 1.79. The van der Waals surface area contributed by atoms with Gasteiger partial charge in [0, 0.05) is 5.02 Å². The highest BCUT2D eigenvalue weighted by Crippen LogP contribution is 2.25. The van der Waals surface area contributed by atoms with E-state index in [1.807, 2.05) is 0 Å². The number of imide groups is 1. The monoisotopic (exact) mass is 329 g/mol. The standard InChI is InChI=1S/C17H12ClNO4/c1-10(17(22)23-12-8-6-11(18)7-9-12)19-15(20)13-4-2-3-5-14(13)16(19)21/h2-10H,1H3/t10-/m1/s1. The third kappa shape index (κ3) is 2.71. The Morgan fingerprint density at radius 1 is 1.00 bits per heavy atom. The molecule has 0 N–H and O–H groups in total. The molecule has 0 fully saturated rings. The Hall–Kier alpha value is -2.66. The molecule has 5 nitrogen and oxygen atoms in total. The largest absolute Gasteiger partial charge is 0.425 e. The van der Waals surface area contributed by atoms with Crippen LogP contribution in [-0.2, 0) is 4.79 Å². The average molecular weight is 330 g/mol. The minimum Gasteiger partial charge on any atom is -0.425 e. The third-order valence-electron chi connectivity index (χ3n) is 3.59. The number of fused-ring (bicyclic) bond motifs is 1. The van der Waals surface area contributed by atoms with Gasteiger partial charge in [-0.3, -0.25) is 14.5 Å². The first-order chi connectivity index (χ1) is 11.0. The van der Waals surface area contributed by atoms with E-state index in [1.54, 1.807) is 36.4 Å². The lowest BCUT2D eigenvalue weighted by atomic mass is 10.1. The lowest BCUT2D eigenvalue weighted by Crippen LogP contribution is -2.44. The van der Waals surface area contributed by atoms with Crippen LogP contribution >= 0.6 is 11.6 Å². The predicted molar refractivity (Wildman–Crippen MR) is 83.5 cm³/mol. The molecule has 2 aromatic rings. The second-order valence-electron chi connectivity index (χ2n) is 5.08. The molecular weight excluding hydrogens is 318 g/mol. The summed E-state index contributed by atoms with van der Waals surface area (Å²) in [5, 5.41) is 0.512. The predicted octanol–water partition coefficient (Wildman–Crippen LogP) is 2.93. The molecule has 6 heteroatoms. The van der Waals surface area contributed by atoms with E-state index in [4.69, 9.17) is 16.3 Å². The Bertz CT molecular complexity index is 765. The minimum atomic E-state index is -1.03. The molecule has 2 aromatic carbocycles. The van der Waals surface area contributed by atoms with Crippen molar-refractivity contribution in [3.05, 3.63) is 64.7 Å². The number of amides is 2. The van der Waals surface area contributed by atoms with E-state index in [1.165, 1.54) is 19.1 Å². The van der Waals surface area contributed by atoms with Crippen LogP contribution in [0, 0.1) is 0 Å². The highest BCUT2D eigenvalue weighted by atomic mass is 35.5. The molecule has 3 rings (SSSR count). The molecule has 0 bridgehead atoms. The van der Waals surface area contributed by atoms with Crippen molar-refractivity contribution in [3.8, 4) is 5.75 Å². The fourth-order valence-corrected chi connectivity index (χ4v) is 2.50. The van der Waals surface area contributed by atoms with Gasteiger partial charge < -0.3 is 4.74 Å². The van der Waals surface area contributed by atoms with Gasteiger partial charge in [0.1, 0.15) is 11.8 Å². The summed E-state index contributed by atoms with van der Waals surface area (Å²) < 4.78 is 5.20. The summed E-state index contributed by atoms with van der Waals surface area (Å²) in [5.74, 6) is -1.39. The zero-order valence-electron chi connectivity index (χ0n) is 12.2. The molecule has 23 heavy (non-hydrogen) atoms. The topological polar surface area (TPSA) is 63.7 Å². The number of carbonyl (C=O) groups is 3. The lowest BCUT2D eigenvalue weighted by Gasteiger charge is -2.20. The summed E-state index contributed by atoms with van der Waals surface area (Å²) in [4.78, 5) is 37.8. The molecule has 1 atom stereocenters. The maximum atomic E-state index is 12.3. The molecule has 0 aromatic heterocycles. The van der Waals surface area contributed by atoms with Crippen LogP contribution in [0.5, 0.6) is 5.75 Å². The highest BCUT2D eigenvalue weighted by Gasteiger charge is 2.41. The van der Waals surface area contributed by atoms with Crippen LogP contribution in [-0.4, -0.2) is 28.7 Å². The van der Waals surface area contributed by atoms with Crippen LogP contribution in [0.2, 0.25) is 5.02 Å². The Kier molecular flexibility index (Phi) is 3.88. The molecule has 1 heterocycles. The number of hydrogen-bond acceptors (Lipinski definition) is 4. The van der Waals surface area contributed by atoms with Gasteiger partial charge in [-0.15, -0.1) is 0 Å². The summed E-state index contributed by atoms with van der Waals surface area (Å²) >= 11 is 5.77. The molecule has 0 unspecified atom stereocenters. The van der Waals surface area contributed by atoms with Crippen molar-refractivity contribution in [2.75, 3.05) is 0 Å². The van der Waals surface area contributed by atoms with Crippen molar-refractivity contribution in [2.45, 2.75) is 13.0 Å². The van der Waals surface area contributed by atoms with Gasteiger partial charge in [0.05, 0.1) is 11.1 Å². The van der Waals surface area contributed by atoms with Gasteiger partial charge in [0.2, 0.25) is 0 Å². The van der Waals surface area contributed by atoms with Crippen molar-refractivity contribution in [3.63, 3.8) is 0 Å². The second kappa shape index (κ2) is 5.85. The van der Waals surface area contributed by atoms with E-state index in [2.05, 4.69) is 0 Å². The SMILES string of the molecule is C[C@H](C(=O)Oc1ccc(Cl)cc1)N1C(=O)c2ccccc2C1=O. The Morgan fingerprint density at radius 2 is 1.52 bits per heavy atom. The maximum Gasteiger partial charge on any atom is 0.334 e. The van der Waals surface area contributed by atoms with E-state index in [0.717, 1.165) is 4.90 Å². The number of halogens is 1. The van der Waals surface area contributed by atoms with Gasteiger partial charge in [-0.1, -0.05) is 23.7 Å². The summed E-state index contributed by atoms with van der Waals surface area (Å²) in [6.45, 7) is 1.46. The van der Waals surface area contributed by atoms with Gasteiger partial charge in [0.15, 0.2) is 0 Å². The van der Waals surface area contributed by atoms with E-state index >= 15 is 0 Å². The fraction of sp³-hybridized carbons (Fsp3) is 0.118. The molecular formula is C17H12ClNO4. The minimum absolute atomic E-state index is 0.294. The van der Waals surface area contributed by atoms with Gasteiger partial charge in [-0.05, 0) is 43.3 Å². The van der Waals surface area contributed by atoms with Crippen LogP contribution in [0.4, 0.5) is 0 Å². The molecule has 0 saturated heterocycles.